The summed E-state index contributed by atoms with van der Waals surface area (Å²) in [7, 11) is 0. The van der Waals surface area contributed by atoms with Gasteiger partial charge >= 0.3 is 0 Å². The van der Waals surface area contributed by atoms with Crippen molar-refractivity contribution in [2.75, 3.05) is 0 Å². The Morgan fingerprint density at radius 2 is 2.00 bits per heavy atom. The first-order chi connectivity index (χ1) is 8.22. The minimum absolute atomic E-state index is 0.249. The van der Waals surface area contributed by atoms with Gasteiger partial charge in [-0.25, -0.2) is 4.39 Å². The quantitative estimate of drug-likeness (QED) is 0.876. The van der Waals surface area contributed by atoms with Gasteiger partial charge in [-0.2, -0.15) is 0 Å². The van der Waals surface area contributed by atoms with Gasteiger partial charge in [-0.05, 0) is 35.1 Å². The minimum atomic E-state index is -0.609. The Morgan fingerprint density at radius 1 is 1.24 bits per heavy atom. The second-order valence-electron chi connectivity index (χ2n) is 3.97. The average Bonchev–Trinajstić information content (AvgIpc) is 2.80. The third-order valence-corrected chi connectivity index (χ3v) is 3.90. The highest BCUT2D eigenvalue weighted by Crippen LogP contribution is 2.28. The summed E-state index contributed by atoms with van der Waals surface area (Å²) in [6.07, 6.45) is 0.620. The molecule has 0 spiro atoms. The third kappa shape index (κ3) is 2.73. The lowest BCUT2D eigenvalue weighted by atomic mass is 10.0. The largest absolute Gasteiger partial charge is 0.387 e. The topological polar surface area (TPSA) is 20.2 Å². The van der Waals surface area contributed by atoms with Gasteiger partial charge in [0.1, 0.15) is 5.82 Å². The highest BCUT2D eigenvalue weighted by molar-refractivity contribution is 7.10. The Hall–Kier alpha value is -1.19. The van der Waals surface area contributed by atoms with E-state index < -0.39 is 6.10 Å². The van der Waals surface area contributed by atoms with Crippen molar-refractivity contribution in [1.29, 1.82) is 0 Å². The lowest BCUT2D eigenvalue weighted by molar-refractivity contribution is 0.180. The van der Waals surface area contributed by atoms with Crippen molar-refractivity contribution in [2.45, 2.75) is 25.9 Å². The molecule has 1 heterocycles. The van der Waals surface area contributed by atoms with Crippen LogP contribution in [0.4, 0.5) is 4.39 Å². The molecular weight excluding hydrogens is 235 g/mol. The maximum Gasteiger partial charge on any atom is 0.126 e. The van der Waals surface area contributed by atoms with Crippen LogP contribution in [0.1, 0.15) is 29.0 Å². The van der Waals surface area contributed by atoms with Gasteiger partial charge in [0.25, 0.3) is 0 Å². The summed E-state index contributed by atoms with van der Waals surface area (Å²) in [6.45, 7) is 2.06. The molecule has 3 heteroatoms. The number of hydrogen-bond acceptors (Lipinski definition) is 2. The van der Waals surface area contributed by atoms with E-state index in [2.05, 4.69) is 6.92 Å². The van der Waals surface area contributed by atoms with Crippen LogP contribution < -0.4 is 0 Å². The molecule has 1 nitrogen and oxygen atoms in total. The summed E-state index contributed by atoms with van der Waals surface area (Å²) in [6, 6.07) is 8.62. The molecule has 17 heavy (non-hydrogen) atoms. The zero-order chi connectivity index (χ0) is 12.3. The normalized spacial score (nSPS) is 12.6. The van der Waals surface area contributed by atoms with Crippen LogP contribution in [0.15, 0.2) is 35.7 Å². The van der Waals surface area contributed by atoms with Gasteiger partial charge in [-0.15, -0.1) is 11.3 Å². The number of halogens is 1. The number of thiophene rings is 1. The highest BCUT2D eigenvalue weighted by Gasteiger charge is 2.15. The standard InChI is InChI=1S/C14H15FOS/c1-2-10-7-8-17-14(10)13(16)9-11-5-3-4-6-12(11)15/h3-8,13,16H,2,9H2,1H3. The van der Waals surface area contributed by atoms with E-state index >= 15 is 0 Å². The molecule has 1 unspecified atom stereocenters. The fourth-order valence-corrected chi connectivity index (χ4v) is 2.88. The van der Waals surface area contributed by atoms with Crippen molar-refractivity contribution < 1.29 is 9.50 Å². The fourth-order valence-electron chi connectivity index (χ4n) is 1.90. The van der Waals surface area contributed by atoms with Crippen LogP contribution in [0, 0.1) is 5.82 Å². The summed E-state index contributed by atoms with van der Waals surface area (Å²) >= 11 is 1.53. The predicted octanol–water partition coefficient (Wildman–Crippen LogP) is 3.73. The molecule has 0 aliphatic heterocycles. The van der Waals surface area contributed by atoms with Gasteiger partial charge in [0.2, 0.25) is 0 Å². The maximum atomic E-state index is 13.5. The van der Waals surface area contributed by atoms with Gasteiger partial charge < -0.3 is 5.11 Å². The average molecular weight is 250 g/mol. The Kier molecular flexibility index (Phi) is 3.92. The van der Waals surface area contributed by atoms with Crippen molar-refractivity contribution in [3.8, 4) is 0 Å². The van der Waals surface area contributed by atoms with E-state index in [1.807, 2.05) is 11.4 Å². The van der Waals surface area contributed by atoms with E-state index in [0.717, 1.165) is 16.9 Å². The summed E-state index contributed by atoms with van der Waals surface area (Å²) in [4.78, 5) is 0.954. The number of aryl methyl sites for hydroxylation is 1. The van der Waals surface area contributed by atoms with Crippen molar-refractivity contribution in [3.63, 3.8) is 0 Å². The Bertz CT molecular complexity index is 492. The fraction of sp³-hybridized carbons (Fsp3) is 0.286. The molecule has 1 aromatic heterocycles. The van der Waals surface area contributed by atoms with Crippen LogP contribution in [0.25, 0.3) is 0 Å². The summed E-state index contributed by atoms with van der Waals surface area (Å²) < 4.78 is 13.5. The van der Waals surface area contributed by atoms with Crippen molar-refractivity contribution in [3.05, 3.63) is 57.5 Å². The van der Waals surface area contributed by atoms with E-state index in [9.17, 15) is 9.50 Å². The molecule has 1 aromatic carbocycles. The Balaban J connectivity index is 2.17. The molecule has 0 bridgehead atoms. The monoisotopic (exact) mass is 250 g/mol. The molecule has 2 aromatic rings. The second kappa shape index (κ2) is 5.43. The molecule has 1 atom stereocenters. The van der Waals surface area contributed by atoms with Crippen molar-refractivity contribution in [1.82, 2.24) is 0 Å². The van der Waals surface area contributed by atoms with Crippen molar-refractivity contribution >= 4 is 11.3 Å². The van der Waals surface area contributed by atoms with Crippen LogP contribution >= 0.6 is 11.3 Å². The maximum absolute atomic E-state index is 13.5. The van der Waals surface area contributed by atoms with Crippen LogP contribution in [0.2, 0.25) is 0 Å². The molecule has 0 saturated carbocycles. The lowest BCUT2D eigenvalue weighted by Gasteiger charge is -2.11. The zero-order valence-electron chi connectivity index (χ0n) is 9.69. The first-order valence-corrected chi connectivity index (χ1v) is 6.58. The van der Waals surface area contributed by atoms with Gasteiger partial charge in [0.15, 0.2) is 0 Å². The van der Waals surface area contributed by atoms with Crippen LogP contribution in [0.5, 0.6) is 0 Å². The molecule has 0 fully saturated rings. The third-order valence-electron chi connectivity index (χ3n) is 2.84. The molecule has 0 amide bonds. The first kappa shape index (κ1) is 12.3. The predicted molar refractivity (Wildman–Crippen MR) is 68.8 cm³/mol. The van der Waals surface area contributed by atoms with Crippen LogP contribution in [-0.4, -0.2) is 5.11 Å². The highest BCUT2D eigenvalue weighted by atomic mass is 32.1. The molecular formula is C14H15FOS. The first-order valence-electron chi connectivity index (χ1n) is 5.70. The van der Waals surface area contributed by atoms with Crippen LogP contribution in [0.3, 0.4) is 0 Å². The van der Waals surface area contributed by atoms with E-state index in [4.69, 9.17) is 0 Å². The summed E-state index contributed by atoms with van der Waals surface area (Å²) in [5.41, 5.74) is 1.72. The number of benzene rings is 1. The van der Waals surface area contributed by atoms with E-state index in [1.165, 1.54) is 17.4 Å². The zero-order valence-corrected chi connectivity index (χ0v) is 10.5. The smallest absolute Gasteiger partial charge is 0.126 e. The summed E-state index contributed by atoms with van der Waals surface area (Å²) in [5.74, 6) is -0.249. The molecule has 0 aliphatic carbocycles. The molecule has 2 rings (SSSR count). The number of rotatable bonds is 4. The van der Waals surface area contributed by atoms with E-state index in [-0.39, 0.29) is 5.82 Å². The van der Waals surface area contributed by atoms with Crippen LogP contribution in [-0.2, 0) is 12.8 Å². The van der Waals surface area contributed by atoms with Gasteiger partial charge in [0.05, 0.1) is 6.10 Å². The second-order valence-corrected chi connectivity index (χ2v) is 4.92. The van der Waals surface area contributed by atoms with Gasteiger partial charge in [-0.1, -0.05) is 25.1 Å². The van der Waals surface area contributed by atoms with Gasteiger partial charge in [-0.3, -0.25) is 0 Å². The molecule has 90 valence electrons. The minimum Gasteiger partial charge on any atom is -0.387 e. The van der Waals surface area contributed by atoms with Crippen molar-refractivity contribution in [2.24, 2.45) is 0 Å². The van der Waals surface area contributed by atoms with E-state index in [1.54, 1.807) is 18.2 Å². The molecule has 0 saturated heterocycles. The molecule has 0 radical (unpaired) electrons. The Morgan fingerprint density at radius 3 is 2.71 bits per heavy atom. The Labute approximate surface area is 105 Å². The SMILES string of the molecule is CCc1ccsc1C(O)Cc1ccccc1F. The number of aliphatic hydroxyl groups excluding tert-OH is 1. The molecule has 1 N–H and O–H groups in total. The van der Waals surface area contributed by atoms with E-state index in [0.29, 0.717) is 12.0 Å². The lowest BCUT2D eigenvalue weighted by Crippen LogP contribution is -2.03. The molecule has 0 aliphatic rings. The number of aliphatic hydroxyl groups is 1. The summed E-state index contributed by atoms with van der Waals surface area (Å²) in [5, 5.41) is 12.1. The van der Waals surface area contributed by atoms with Gasteiger partial charge in [0, 0.05) is 11.3 Å². The number of hydrogen-bond donors (Lipinski definition) is 1.